The molecule has 112 valence electrons. The van der Waals surface area contributed by atoms with Crippen LogP contribution >= 0.6 is 23.4 Å². The van der Waals surface area contributed by atoms with E-state index in [1.807, 2.05) is 18.2 Å². The minimum Gasteiger partial charge on any atom is -0.271 e. The van der Waals surface area contributed by atoms with Gasteiger partial charge in [0.25, 0.3) is 0 Å². The Kier molecular flexibility index (Phi) is 7.10. The van der Waals surface area contributed by atoms with Crippen molar-refractivity contribution in [2.45, 2.75) is 30.2 Å². The lowest BCUT2D eigenvalue weighted by Crippen LogP contribution is -2.37. The molecule has 1 atom stereocenters. The molecule has 0 aliphatic rings. The van der Waals surface area contributed by atoms with Crippen molar-refractivity contribution in [1.29, 1.82) is 0 Å². The molecule has 2 nitrogen and oxygen atoms in total. The Labute approximate surface area is 136 Å². The molecule has 21 heavy (non-hydrogen) atoms. The van der Waals surface area contributed by atoms with E-state index in [4.69, 9.17) is 17.4 Å². The first-order chi connectivity index (χ1) is 10.3. The zero-order chi connectivity index (χ0) is 14.9. The van der Waals surface area contributed by atoms with E-state index in [0.29, 0.717) is 6.04 Å². The molecular weight excluding hydrogens is 300 g/mol. The monoisotopic (exact) mass is 320 g/mol. The van der Waals surface area contributed by atoms with E-state index in [1.54, 1.807) is 11.8 Å². The van der Waals surface area contributed by atoms with Gasteiger partial charge in [-0.05, 0) is 43.0 Å². The van der Waals surface area contributed by atoms with Gasteiger partial charge in [-0.25, -0.2) is 0 Å². The van der Waals surface area contributed by atoms with Crippen molar-refractivity contribution in [2.75, 3.05) is 5.75 Å². The van der Waals surface area contributed by atoms with Crippen LogP contribution in [0.3, 0.4) is 0 Å². The lowest BCUT2D eigenvalue weighted by molar-refractivity contribution is 0.520. The van der Waals surface area contributed by atoms with Gasteiger partial charge in [-0.1, -0.05) is 48.0 Å². The highest BCUT2D eigenvalue weighted by Crippen LogP contribution is 2.23. The van der Waals surface area contributed by atoms with Crippen molar-refractivity contribution in [3.05, 3.63) is 65.2 Å². The Hall–Kier alpha value is -1.00. The van der Waals surface area contributed by atoms with Crippen molar-refractivity contribution >= 4 is 23.4 Å². The number of nitrogens with two attached hydrogens (primary N) is 1. The Morgan fingerprint density at radius 2 is 1.90 bits per heavy atom. The standard InChI is InChI=1S/C17H21ClN2S/c18-15-9-5-11-17(12-15)21-13-16(20-19)10-4-8-14-6-2-1-3-7-14/h1-3,5-7,9,11-12,16,20H,4,8,10,13,19H2. The predicted molar refractivity (Wildman–Crippen MR) is 92.7 cm³/mol. The van der Waals surface area contributed by atoms with Gasteiger partial charge in [-0.2, -0.15) is 0 Å². The normalized spacial score (nSPS) is 12.3. The van der Waals surface area contributed by atoms with Gasteiger partial charge in [0.15, 0.2) is 0 Å². The van der Waals surface area contributed by atoms with Crippen LogP contribution in [-0.4, -0.2) is 11.8 Å². The van der Waals surface area contributed by atoms with E-state index < -0.39 is 0 Å². The van der Waals surface area contributed by atoms with Crippen LogP contribution in [0.15, 0.2) is 59.5 Å². The molecule has 0 saturated carbocycles. The van der Waals surface area contributed by atoms with Crippen molar-refractivity contribution in [2.24, 2.45) is 5.84 Å². The SMILES string of the molecule is NNC(CCCc1ccccc1)CSc1cccc(Cl)c1. The third-order valence-corrected chi connectivity index (χ3v) is 4.74. The second-order valence-corrected chi connectivity index (χ2v) is 6.54. The molecule has 0 aliphatic carbocycles. The number of nitrogens with one attached hydrogen (secondary N) is 1. The van der Waals surface area contributed by atoms with E-state index in [-0.39, 0.29) is 0 Å². The number of benzene rings is 2. The smallest absolute Gasteiger partial charge is 0.0417 e. The lowest BCUT2D eigenvalue weighted by atomic mass is 10.1. The molecule has 0 radical (unpaired) electrons. The quantitative estimate of drug-likeness (QED) is 0.433. The molecule has 3 N–H and O–H groups in total. The Bertz CT molecular complexity index is 533. The summed E-state index contributed by atoms with van der Waals surface area (Å²) in [5.41, 5.74) is 4.30. The number of thioether (sulfide) groups is 1. The summed E-state index contributed by atoms with van der Waals surface area (Å²) in [5, 5.41) is 0.779. The number of aryl methyl sites for hydroxylation is 1. The van der Waals surface area contributed by atoms with Crippen LogP contribution in [0.2, 0.25) is 5.02 Å². The summed E-state index contributed by atoms with van der Waals surface area (Å²) < 4.78 is 0. The molecule has 1 unspecified atom stereocenters. The summed E-state index contributed by atoms with van der Waals surface area (Å²) in [6.07, 6.45) is 3.30. The molecule has 2 rings (SSSR count). The molecule has 0 heterocycles. The van der Waals surface area contributed by atoms with Gasteiger partial charge in [-0.3, -0.25) is 11.3 Å². The maximum absolute atomic E-state index is 5.99. The van der Waals surface area contributed by atoms with E-state index in [9.17, 15) is 0 Å². The third kappa shape index (κ3) is 6.10. The fraction of sp³-hybridized carbons (Fsp3) is 0.294. The summed E-state index contributed by atoms with van der Waals surface area (Å²) >= 11 is 7.78. The van der Waals surface area contributed by atoms with Gasteiger partial charge in [0.1, 0.15) is 0 Å². The Morgan fingerprint density at radius 3 is 2.62 bits per heavy atom. The van der Waals surface area contributed by atoms with Gasteiger partial charge < -0.3 is 0 Å². The number of hydrogen-bond donors (Lipinski definition) is 2. The first kappa shape index (κ1) is 16.4. The fourth-order valence-corrected chi connectivity index (χ4v) is 3.46. The summed E-state index contributed by atoms with van der Waals surface area (Å²) in [7, 11) is 0. The highest BCUT2D eigenvalue weighted by Gasteiger charge is 2.07. The van der Waals surface area contributed by atoms with Gasteiger partial charge in [-0.15, -0.1) is 11.8 Å². The van der Waals surface area contributed by atoms with Gasteiger partial charge in [0.05, 0.1) is 0 Å². The molecule has 2 aromatic carbocycles. The molecule has 4 heteroatoms. The molecule has 0 aliphatic heterocycles. The topological polar surface area (TPSA) is 38.0 Å². The predicted octanol–water partition coefficient (Wildman–Crippen LogP) is 4.29. The first-order valence-corrected chi connectivity index (χ1v) is 8.52. The summed E-state index contributed by atoms with van der Waals surface area (Å²) in [6.45, 7) is 0. The Balaban J connectivity index is 1.73. The second kappa shape index (κ2) is 9.11. The summed E-state index contributed by atoms with van der Waals surface area (Å²) in [6, 6.07) is 18.8. The highest BCUT2D eigenvalue weighted by molar-refractivity contribution is 7.99. The molecule has 0 saturated heterocycles. The van der Waals surface area contributed by atoms with Crippen LogP contribution in [0.1, 0.15) is 18.4 Å². The minimum atomic E-state index is 0.317. The third-order valence-electron chi connectivity index (χ3n) is 3.34. The van der Waals surface area contributed by atoms with Gasteiger partial charge in [0.2, 0.25) is 0 Å². The molecule has 0 bridgehead atoms. The maximum Gasteiger partial charge on any atom is 0.0417 e. The highest BCUT2D eigenvalue weighted by atomic mass is 35.5. The van der Waals surface area contributed by atoms with E-state index in [0.717, 1.165) is 30.0 Å². The van der Waals surface area contributed by atoms with Gasteiger partial charge in [0, 0.05) is 21.7 Å². The molecule has 0 fully saturated rings. The van der Waals surface area contributed by atoms with Crippen LogP contribution in [0.4, 0.5) is 0 Å². The van der Waals surface area contributed by atoms with Gasteiger partial charge >= 0.3 is 0 Å². The molecule has 0 spiro atoms. The van der Waals surface area contributed by atoms with Crippen molar-refractivity contribution < 1.29 is 0 Å². The van der Waals surface area contributed by atoms with Crippen molar-refractivity contribution in [1.82, 2.24) is 5.43 Å². The lowest BCUT2D eigenvalue weighted by Gasteiger charge is -2.15. The second-order valence-electron chi connectivity index (χ2n) is 5.01. The first-order valence-electron chi connectivity index (χ1n) is 7.16. The van der Waals surface area contributed by atoms with Crippen LogP contribution in [0.5, 0.6) is 0 Å². The molecule has 0 aromatic heterocycles. The average molecular weight is 321 g/mol. The van der Waals surface area contributed by atoms with E-state index >= 15 is 0 Å². The zero-order valence-electron chi connectivity index (χ0n) is 12.0. The van der Waals surface area contributed by atoms with Crippen LogP contribution < -0.4 is 11.3 Å². The molecule has 2 aromatic rings. The van der Waals surface area contributed by atoms with E-state index in [2.05, 4.69) is 41.8 Å². The van der Waals surface area contributed by atoms with E-state index in [1.165, 1.54) is 10.5 Å². The number of hydrazine groups is 1. The molecule has 0 amide bonds. The fourth-order valence-electron chi connectivity index (χ4n) is 2.17. The van der Waals surface area contributed by atoms with Crippen molar-refractivity contribution in [3.8, 4) is 0 Å². The van der Waals surface area contributed by atoms with Crippen molar-refractivity contribution in [3.63, 3.8) is 0 Å². The zero-order valence-corrected chi connectivity index (χ0v) is 13.5. The number of halogens is 1. The molecular formula is C17H21ClN2S. The summed E-state index contributed by atoms with van der Waals surface area (Å²) in [4.78, 5) is 1.19. The number of rotatable bonds is 8. The summed E-state index contributed by atoms with van der Waals surface area (Å²) in [5.74, 6) is 6.61. The maximum atomic E-state index is 5.99. The minimum absolute atomic E-state index is 0.317. The number of hydrogen-bond acceptors (Lipinski definition) is 3. The largest absolute Gasteiger partial charge is 0.271 e. The van der Waals surface area contributed by atoms with Crippen LogP contribution in [-0.2, 0) is 6.42 Å². The Morgan fingerprint density at radius 1 is 1.10 bits per heavy atom. The van der Waals surface area contributed by atoms with Crippen LogP contribution in [0, 0.1) is 0 Å². The average Bonchev–Trinajstić information content (AvgIpc) is 2.52. The van der Waals surface area contributed by atoms with Crippen LogP contribution in [0.25, 0.3) is 0 Å².